The molecule has 0 bridgehead atoms. The molecule has 1 heterocycles. The highest BCUT2D eigenvalue weighted by Crippen LogP contribution is 2.11. The van der Waals surface area contributed by atoms with Crippen molar-refractivity contribution in [2.24, 2.45) is 0 Å². The third kappa shape index (κ3) is 3.23. The molecule has 1 aromatic rings. The van der Waals surface area contributed by atoms with Crippen LogP contribution in [0.5, 0.6) is 12.0 Å². The lowest BCUT2D eigenvalue weighted by Gasteiger charge is -2.06. The zero-order valence-electron chi connectivity index (χ0n) is 9.27. The highest BCUT2D eigenvalue weighted by Gasteiger charge is 2.07. The summed E-state index contributed by atoms with van der Waals surface area (Å²) in [5.74, 6) is 0.0330. The number of likely N-dealkylation sites (N-methyl/N-ethyl adjacent to an activating group) is 1. The fourth-order valence-corrected chi connectivity index (χ4v) is 0.847. The van der Waals surface area contributed by atoms with Crippen LogP contribution in [0.25, 0.3) is 0 Å². The Hall–Kier alpha value is -2.12. The van der Waals surface area contributed by atoms with Gasteiger partial charge in [-0.05, 0) is 0 Å². The van der Waals surface area contributed by atoms with Crippen molar-refractivity contribution in [2.75, 3.05) is 33.1 Å². The molecule has 0 unspecified atom stereocenters. The van der Waals surface area contributed by atoms with Crippen LogP contribution in [0.1, 0.15) is 0 Å². The van der Waals surface area contributed by atoms with E-state index < -0.39 is 0 Å². The maximum absolute atomic E-state index is 11.0. The third-order valence-corrected chi connectivity index (χ3v) is 1.65. The molecule has 0 fully saturated rings. The Labute approximate surface area is 92.4 Å². The molecule has 1 amide bonds. The van der Waals surface area contributed by atoms with Gasteiger partial charge in [0.05, 0.1) is 20.8 Å². The van der Waals surface area contributed by atoms with Crippen molar-refractivity contribution in [1.29, 1.82) is 0 Å². The van der Waals surface area contributed by atoms with Crippen LogP contribution >= 0.6 is 0 Å². The van der Waals surface area contributed by atoms with Crippen LogP contribution in [-0.4, -0.2) is 48.7 Å². The monoisotopic (exact) mass is 227 g/mol. The zero-order valence-corrected chi connectivity index (χ0v) is 9.27. The number of ether oxygens (including phenoxy) is 2. The summed E-state index contributed by atoms with van der Waals surface area (Å²) in [6.45, 7) is 0.0623. The van der Waals surface area contributed by atoms with Gasteiger partial charge in [-0.2, -0.15) is 9.97 Å². The van der Waals surface area contributed by atoms with Crippen molar-refractivity contribution in [3.63, 3.8) is 0 Å². The van der Waals surface area contributed by atoms with Crippen molar-refractivity contribution >= 4 is 11.9 Å². The average Bonchev–Trinajstić information content (AvgIpc) is 2.35. The van der Waals surface area contributed by atoms with Gasteiger partial charge in [-0.25, -0.2) is 0 Å². The summed E-state index contributed by atoms with van der Waals surface area (Å²) >= 11 is 0. The highest BCUT2D eigenvalue weighted by atomic mass is 16.5. The number of methoxy groups -OCH3 is 2. The van der Waals surface area contributed by atoms with Gasteiger partial charge < -0.3 is 20.1 Å². The van der Waals surface area contributed by atoms with Crippen LogP contribution in [0.3, 0.4) is 0 Å². The molecule has 8 heteroatoms. The number of carbonyl (C=O) groups is 1. The number of nitrogens with one attached hydrogen (secondary N) is 2. The normalized spacial score (nSPS) is 9.44. The van der Waals surface area contributed by atoms with Gasteiger partial charge in [-0.1, -0.05) is 0 Å². The first-order chi connectivity index (χ1) is 7.69. The Bertz CT molecular complexity index is 348. The number of nitrogens with zero attached hydrogens (tertiary/aromatic N) is 3. The van der Waals surface area contributed by atoms with Gasteiger partial charge in [0.1, 0.15) is 0 Å². The molecule has 0 aliphatic carbocycles. The van der Waals surface area contributed by atoms with Crippen molar-refractivity contribution in [3.05, 3.63) is 0 Å². The molecule has 1 rings (SSSR count). The van der Waals surface area contributed by atoms with E-state index in [2.05, 4.69) is 25.6 Å². The zero-order chi connectivity index (χ0) is 12.0. The van der Waals surface area contributed by atoms with Crippen molar-refractivity contribution in [2.45, 2.75) is 0 Å². The minimum Gasteiger partial charge on any atom is -0.467 e. The van der Waals surface area contributed by atoms with Gasteiger partial charge in [-0.15, -0.1) is 4.98 Å². The standard InChI is InChI=1S/C8H13N5O3/c1-9-5(14)4-10-6-11-7(15-2)13-8(12-6)16-3/h4H2,1-3H3,(H,9,14)(H,10,11,12,13). The van der Waals surface area contributed by atoms with Crippen LogP contribution in [0.2, 0.25) is 0 Å². The van der Waals surface area contributed by atoms with E-state index in [1.54, 1.807) is 7.05 Å². The Morgan fingerprint density at radius 3 is 2.19 bits per heavy atom. The van der Waals surface area contributed by atoms with Gasteiger partial charge in [0.15, 0.2) is 0 Å². The quantitative estimate of drug-likeness (QED) is 0.668. The van der Waals surface area contributed by atoms with Gasteiger partial charge >= 0.3 is 12.0 Å². The number of aromatic nitrogens is 3. The number of rotatable bonds is 5. The first kappa shape index (κ1) is 12.0. The largest absolute Gasteiger partial charge is 0.467 e. The molecule has 2 N–H and O–H groups in total. The molecule has 8 nitrogen and oxygen atoms in total. The molecular weight excluding hydrogens is 214 g/mol. The van der Waals surface area contributed by atoms with E-state index in [1.165, 1.54) is 14.2 Å². The lowest BCUT2D eigenvalue weighted by molar-refractivity contribution is -0.118. The number of amides is 1. The molecule has 0 spiro atoms. The van der Waals surface area contributed by atoms with E-state index in [0.717, 1.165) is 0 Å². The van der Waals surface area contributed by atoms with E-state index in [9.17, 15) is 4.79 Å². The van der Waals surface area contributed by atoms with Crippen molar-refractivity contribution in [3.8, 4) is 12.0 Å². The summed E-state index contributed by atoms with van der Waals surface area (Å²) < 4.78 is 9.70. The maximum Gasteiger partial charge on any atom is 0.324 e. The Morgan fingerprint density at radius 1 is 1.19 bits per heavy atom. The molecule has 16 heavy (non-hydrogen) atoms. The molecule has 0 saturated heterocycles. The lowest BCUT2D eigenvalue weighted by atomic mass is 10.6. The minimum absolute atomic E-state index is 0.0623. The van der Waals surface area contributed by atoms with Gasteiger partial charge in [0.2, 0.25) is 11.9 Å². The predicted octanol–water partition coefficient (Wildman–Crippen LogP) is -0.953. The molecule has 1 aromatic heterocycles. The van der Waals surface area contributed by atoms with Crippen LogP contribution in [0.15, 0.2) is 0 Å². The number of hydrogen-bond donors (Lipinski definition) is 2. The van der Waals surface area contributed by atoms with Crippen LogP contribution in [0, 0.1) is 0 Å². The summed E-state index contributed by atoms with van der Waals surface area (Å²) in [6, 6.07) is 0.234. The Balaban J connectivity index is 2.74. The maximum atomic E-state index is 11.0. The smallest absolute Gasteiger partial charge is 0.324 e. The first-order valence-electron chi connectivity index (χ1n) is 4.48. The second kappa shape index (κ2) is 5.69. The van der Waals surface area contributed by atoms with Gasteiger partial charge in [-0.3, -0.25) is 4.79 Å². The Kier molecular flexibility index (Phi) is 4.25. The summed E-state index contributed by atoms with van der Waals surface area (Å²) in [4.78, 5) is 22.6. The van der Waals surface area contributed by atoms with E-state index in [-0.39, 0.29) is 30.4 Å². The molecule has 0 atom stereocenters. The molecule has 0 saturated carbocycles. The summed E-state index contributed by atoms with van der Waals surface area (Å²) in [7, 11) is 4.40. The summed E-state index contributed by atoms with van der Waals surface area (Å²) in [5.41, 5.74) is 0. The first-order valence-corrected chi connectivity index (χ1v) is 4.48. The van der Waals surface area contributed by atoms with E-state index in [4.69, 9.17) is 9.47 Å². The van der Waals surface area contributed by atoms with Gasteiger partial charge in [0, 0.05) is 7.05 Å². The lowest BCUT2D eigenvalue weighted by Crippen LogP contribution is -2.26. The molecule has 0 aliphatic heterocycles. The topological polar surface area (TPSA) is 98.3 Å². The molecule has 0 radical (unpaired) electrons. The van der Waals surface area contributed by atoms with Crippen LogP contribution in [0.4, 0.5) is 5.95 Å². The van der Waals surface area contributed by atoms with Gasteiger partial charge in [0.25, 0.3) is 0 Å². The average molecular weight is 227 g/mol. The number of hydrogen-bond acceptors (Lipinski definition) is 7. The summed E-state index contributed by atoms with van der Waals surface area (Å²) in [6.07, 6.45) is 0. The SMILES string of the molecule is CNC(=O)CNc1nc(OC)nc(OC)n1. The highest BCUT2D eigenvalue weighted by molar-refractivity contribution is 5.79. The number of carbonyl (C=O) groups excluding carboxylic acids is 1. The Morgan fingerprint density at radius 2 is 1.75 bits per heavy atom. The summed E-state index contributed by atoms with van der Waals surface area (Å²) in [5, 5.41) is 5.17. The second-order valence-corrected chi connectivity index (χ2v) is 2.66. The minimum atomic E-state index is -0.182. The second-order valence-electron chi connectivity index (χ2n) is 2.66. The van der Waals surface area contributed by atoms with Crippen molar-refractivity contribution < 1.29 is 14.3 Å². The third-order valence-electron chi connectivity index (χ3n) is 1.65. The van der Waals surface area contributed by atoms with E-state index in [1.807, 2.05) is 0 Å². The molecule has 88 valence electrons. The number of anilines is 1. The fraction of sp³-hybridized carbons (Fsp3) is 0.500. The van der Waals surface area contributed by atoms with Crippen LogP contribution in [-0.2, 0) is 4.79 Å². The van der Waals surface area contributed by atoms with E-state index >= 15 is 0 Å². The predicted molar refractivity (Wildman–Crippen MR) is 55.5 cm³/mol. The molecular formula is C8H13N5O3. The fourth-order valence-electron chi connectivity index (χ4n) is 0.847. The van der Waals surface area contributed by atoms with Crippen molar-refractivity contribution in [1.82, 2.24) is 20.3 Å². The molecule has 0 aliphatic rings. The molecule has 0 aromatic carbocycles. The van der Waals surface area contributed by atoms with Crippen LogP contribution < -0.4 is 20.1 Å². The van der Waals surface area contributed by atoms with E-state index in [0.29, 0.717) is 0 Å².